The summed E-state index contributed by atoms with van der Waals surface area (Å²) >= 11 is 0. The standard InChI is InChI=1S/C30H28N6/c1-5-19(4)33-23(7-3)14-20(6-2)22-8-9-27-25(15-22)30(36-35-27)28-16-24-26(17-32-18-29(24)34-28)21-10-12-31-13-11-21/h6-18,33-34H,3-5H2,1-2H3,(H,35,36)/b20-6+,23-14+. The molecule has 3 N–H and O–H groups in total. The molecule has 178 valence electrons. The highest BCUT2D eigenvalue weighted by atomic mass is 15.1. The molecule has 0 fully saturated rings. The highest BCUT2D eigenvalue weighted by Gasteiger charge is 2.15. The van der Waals surface area contributed by atoms with Crippen LogP contribution in [-0.2, 0) is 0 Å². The van der Waals surface area contributed by atoms with Gasteiger partial charge in [-0.1, -0.05) is 32.2 Å². The van der Waals surface area contributed by atoms with Crippen molar-refractivity contribution in [1.82, 2.24) is 30.5 Å². The van der Waals surface area contributed by atoms with E-state index in [0.29, 0.717) is 0 Å². The van der Waals surface area contributed by atoms with Crippen LogP contribution >= 0.6 is 0 Å². The summed E-state index contributed by atoms with van der Waals surface area (Å²) in [4.78, 5) is 12.1. The Morgan fingerprint density at radius 3 is 2.61 bits per heavy atom. The molecule has 0 amide bonds. The van der Waals surface area contributed by atoms with Crippen molar-refractivity contribution < 1.29 is 0 Å². The molecule has 0 saturated carbocycles. The lowest BCUT2D eigenvalue weighted by Gasteiger charge is -2.10. The number of pyridine rings is 2. The first-order valence-electron chi connectivity index (χ1n) is 11.9. The number of benzene rings is 1. The van der Waals surface area contributed by atoms with E-state index in [9.17, 15) is 0 Å². The second kappa shape index (κ2) is 9.88. The molecule has 0 bridgehead atoms. The predicted molar refractivity (Wildman–Crippen MR) is 149 cm³/mol. The smallest absolute Gasteiger partial charge is 0.116 e. The summed E-state index contributed by atoms with van der Waals surface area (Å²) in [6, 6.07) is 12.5. The number of fused-ring (bicyclic) bond motifs is 2. The van der Waals surface area contributed by atoms with Gasteiger partial charge in [-0.15, -0.1) is 0 Å². The van der Waals surface area contributed by atoms with E-state index in [4.69, 9.17) is 0 Å². The van der Waals surface area contributed by atoms with E-state index in [0.717, 1.165) is 73.3 Å². The lowest BCUT2D eigenvalue weighted by Crippen LogP contribution is -2.09. The minimum absolute atomic E-state index is 0.851. The maximum atomic E-state index is 4.66. The molecular weight excluding hydrogens is 444 g/mol. The molecule has 0 aliphatic carbocycles. The van der Waals surface area contributed by atoms with Crippen LogP contribution in [0.1, 0.15) is 25.8 Å². The van der Waals surface area contributed by atoms with Crippen molar-refractivity contribution in [3.63, 3.8) is 0 Å². The van der Waals surface area contributed by atoms with Gasteiger partial charge >= 0.3 is 0 Å². The van der Waals surface area contributed by atoms with Crippen molar-refractivity contribution in [1.29, 1.82) is 0 Å². The molecule has 0 aliphatic rings. The number of rotatable bonds is 8. The Balaban J connectivity index is 1.57. The van der Waals surface area contributed by atoms with Gasteiger partial charge in [-0.25, -0.2) is 0 Å². The molecule has 6 nitrogen and oxygen atoms in total. The van der Waals surface area contributed by atoms with Crippen LogP contribution in [0.15, 0.2) is 104 Å². The zero-order chi connectivity index (χ0) is 25.1. The maximum absolute atomic E-state index is 4.66. The lowest BCUT2D eigenvalue weighted by atomic mass is 10.0. The van der Waals surface area contributed by atoms with Crippen LogP contribution in [-0.4, -0.2) is 25.1 Å². The molecule has 1 aromatic carbocycles. The molecule has 4 aromatic heterocycles. The Hall–Kier alpha value is -4.71. The van der Waals surface area contributed by atoms with Gasteiger partial charge in [-0.2, -0.15) is 5.10 Å². The molecule has 5 aromatic rings. The molecule has 0 saturated heterocycles. The van der Waals surface area contributed by atoms with E-state index in [2.05, 4.69) is 87.0 Å². The van der Waals surface area contributed by atoms with Gasteiger partial charge in [0.15, 0.2) is 0 Å². The average molecular weight is 473 g/mol. The van der Waals surface area contributed by atoms with Crippen LogP contribution in [0.3, 0.4) is 0 Å². The molecule has 0 atom stereocenters. The first-order valence-corrected chi connectivity index (χ1v) is 11.9. The van der Waals surface area contributed by atoms with E-state index in [1.807, 2.05) is 37.5 Å². The Labute approximate surface area is 210 Å². The third-order valence-corrected chi connectivity index (χ3v) is 6.28. The van der Waals surface area contributed by atoms with Crippen molar-refractivity contribution in [2.24, 2.45) is 0 Å². The van der Waals surface area contributed by atoms with Gasteiger partial charge in [0.05, 0.1) is 22.9 Å². The zero-order valence-corrected chi connectivity index (χ0v) is 20.5. The van der Waals surface area contributed by atoms with Crippen molar-refractivity contribution >= 4 is 27.4 Å². The second-order valence-electron chi connectivity index (χ2n) is 8.53. The number of hydrogen-bond donors (Lipinski definition) is 3. The monoisotopic (exact) mass is 472 g/mol. The fourth-order valence-corrected chi connectivity index (χ4v) is 4.28. The minimum atomic E-state index is 0.851. The molecule has 0 radical (unpaired) electrons. The largest absolute Gasteiger partial charge is 0.359 e. The molecule has 4 heterocycles. The van der Waals surface area contributed by atoms with Gasteiger partial charge in [0.1, 0.15) is 5.69 Å². The Kier molecular flexibility index (Phi) is 6.33. The molecule has 6 heteroatoms. The number of nitrogens with zero attached hydrogens (tertiary/aromatic N) is 3. The summed E-state index contributed by atoms with van der Waals surface area (Å²) in [5.74, 6) is 0. The highest BCUT2D eigenvalue weighted by Crippen LogP contribution is 2.34. The fraction of sp³-hybridized carbons (Fsp3) is 0.100. The van der Waals surface area contributed by atoms with E-state index in [1.165, 1.54) is 0 Å². The zero-order valence-electron chi connectivity index (χ0n) is 20.5. The Morgan fingerprint density at radius 2 is 1.86 bits per heavy atom. The first-order chi connectivity index (χ1) is 17.6. The summed E-state index contributed by atoms with van der Waals surface area (Å²) in [6.45, 7) is 12.1. The summed E-state index contributed by atoms with van der Waals surface area (Å²) in [5.41, 5.74) is 9.89. The summed E-state index contributed by atoms with van der Waals surface area (Å²) in [5, 5.41) is 13.3. The second-order valence-corrected chi connectivity index (χ2v) is 8.53. The molecule has 0 aliphatic heterocycles. The van der Waals surface area contributed by atoms with Gasteiger partial charge in [0.2, 0.25) is 0 Å². The number of allylic oxidation sites excluding steroid dienone is 5. The van der Waals surface area contributed by atoms with Crippen molar-refractivity contribution in [3.8, 4) is 22.5 Å². The third kappa shape index (κ3) is 4.36. The van der Waals surface area contributed by atoms with Crippen molar-refractivity contribution in [2.45, 2.75) is 20.3 Å². The molecule has 36 heavy (non-hydrogen) atoms. The summed E-state index contributed by atoms with van der Waals surface area (Å²) < 4.78 is 0. The minimum Gasteiger partial charge on any atom is -0.359 e. The third-order valence-electron chi connectivity index (χ3n) is 6.28. The fourth-order valence-electron chi connectivity index (χ4n) is 4.28. The van der Waals surface area contributed by atoms with Crippen LogP contribution in [0, 0.1) is 0 Å². The number of H-pyrrole nitrogens is 2. The van der Waals surface area contributed by atoms with Gasteiger partial charge in [-0.3, -0.25) is 15.1 Å². The molecular formula is C30H28N6. The predicted octanol–water partition coefficient (Wildman–Crippen LogP) is 7.15. The number of hydrogen-bond acceptors (Lipinski definition) is 4. The van der Waals surface area contributed by atoms with Gasteiger partial charge in [-0.05, 0) is 72.5 Å². The number of aromatic amines is 2. The van der Waals surface area contributed by atoms with Gasteiger partial charge in [0, 0.05) is 46.3 Å². The molecule has 0 spiro atoms. The van der Waals surface area contributed by atoms with Crippen LogP contribution in [0.25, 0.3) is 49.9 Å². The normalized spacial score (nSPS) is 12.3. The Bertz CT molecular complexity index is 1630. The van der Waals surface area contributed by atoms with Gasteiger partial charge < -0.3 is 10.3 Å². The lowest BCUT2D eigenvalue weighted by molar-refractivity contribution is 0.921. The maximum Gasteiger partial charge on any atom is 0.116 e. The topological polar surface area (TPSA) is 82.3 Å². The van der Waals surface area contributed by atoms with E-state index in [1.54, 1.807) is 12.4 Å². The van der Waals surface area contributed by atoms with E-state index < -0.39 is 0 Å². The van der Waals surface area contributed by atoms with E-state index in [-0.39, 0.29) is 0 Å². The van der Waals surface area contributed by atoms with Crippen LogP contribution in [0.2, 0.25) is 0 Å². The van der Waals surface area contributed by atoms with Crippen LogP contribution in [0.5, 0.6) is 0 Å². The number of aromatic nitrogens is 5. The van der Waals surface area contributed by atoms with Crippen LogP contribution in [0.4, 0.5) is 0 Å². The van der Waals surface area contributed by atoms with Crippen molar-refractivity contribution in [3.05, 3.63) is 110 Å². The SMILES string of the molecule is C=C/C(=C\C(=C/C)c1ccc2[nH]nc(-c3cc4c(-c5ccncc5)cncc4[nH]3)c2c1)NC(=C)CC. The van der Waals surface area contributed by atoms with Crippen LogP contribution < -0.4 is 5.32 Å². The molecule has 0 unspecified atom stereocenters. The first kappa shape index (κ1) is 23.1. The highest BCUT2D eigenvalue weighted by molar-refractivity contribution is 6.01. The number of nitrogens with one attached hydrogen (secondary N) is 3. The summed E-state index contributed by atoms with van der Waals surface area (Å²) in [7, 11) is 0. The summed E-state index contributed by atoms with van der Waals surface area (Å²) in [6.07, 6.45) is 14.2. The Morgan fingerprint density at radius 1 is 1.03 bits per heavy atom. The van der Waals surface area contributed by atoms with Crippen molar-refractivity contribution in [2.75, 3.05) is 0 Å². The average Bonchev–Trinajstić information content (AvgIpc) is 3.54. The quantitative estimate of drug-likeness (QED) is 0.209. The van der Waals surface area contributed by atoms with E-state index >= 15 is 0 Å². The van der Waals surface area contributed by atoms with Gasteiger partial charge in [0.25, 0.3) is 0 Å². The molecule has 5 rings (SSSR count).